The molecule has 1 saturated carbocycles. The molecule has 0 aromatic heterocycles. The van der Waals surface area contributed by atoms with Gasteiger partial charge in [-0.15, -0.1) is 0 Å². The van der Waals surface area contributed by atoms with Crippen LogP contribution in [0.1, 0.15) is 52.9 Å². The van der Waals surface area contributed by atoms with Crippen LogP contribution in [0.4, 0.5) is 0 Å². The Kier molecular flexibility index (Phi) is 5.15. The average Bonchev–Trinajstić information content (AvgIpc) is 2.39. The summed E-state index contributed by atoms with van der Waals surface area (Å²) in [7, 11) is 0. The summed E-state index contributed by atoms with van der Waals surface area (Å²) in [4.78, 5) is 0. The summed E-state index contributed by atoms with van der Waals surface area (Å²) in [6.07, 6.45) is 8.91. The van der Waals surface area contributed by atoms with Crippen LogP contribution in [-0.2, 0) is 0 Å². The van der Waals surface area contributed by atoms with Crippen molar-refractivity contribution in [3.8, 4) is 0 Å². The molecular weight excluding hydrogens is 307 g/mol. The molecule has 0 bridgehead atoms. The zero-order valence-electron chi connectivity index (χ0n) is 13.2. The molecule has 1 aliphatic carbocycles. The first-order chi connectivity index (χ1) is 9.45. The Morgan fingerprint density at radius 2 is 1.80 bits per heavy atom. The van der Waals surface area contributed by atoms with E-state index < -0.39 is 0 Å². The van der Waals surface area contributed by atoms with E-state index in [4.69, 9.17) is 0 Å². The number of hydrogen-bond acceptors (Lipinski definition) is 0. The van der Waals surface area contributed by atoms with E-state index in [0.29, 0.717) is 24.7 Å². The van der Waals surface area contributed by atoms with Crippen LogP contribution in [0.15, 0.2) is 43.0 Å². The molecule has 1 aliphatic rings. The number of allylic oxidation sites excluding steroid dienone is 1. The zero-order chi connectivity index (χ0) is 14.6. The van der Waals surface area contributed by atoms with Crippen LogP contribution in [0.25, 0.3) is 0 Å². The maximum absolute atomic E-state index is 4.02. The Balaban J connectivity index is 2.07. The molecule has 0 saturated heterocycles. The summed E-state index contributed by atoms with van der Waals surface area (Å²) in [6, 6.07) is 11.1. The summed E-state index contributed by atoms with van der Waals surface area (Å²) in [6.45, 7) is 11.2. The molecule has 0 heterocycles. The van der Waals surface area contributed by atoms with Crippen molar-refractivity contribution in [1.82, 2.24) is 0 Å². The normalized spacial score (nSPS) is 27.2. The Hall–Kier alpha value is -0.521. The van der Waals surface area contributed by atoms with Crippen LogP contribution >= 0.6 is 0 Å². The van der Waals surface area contributed by atoms with Crippen molar-refractivity contribution in [2.45, 2.75) is 57.2 Å². The van der Waals surface area contributed by atoms with Gasteiger partial charge in [0.1, 0.15) is 0 Å². The zero-order valence-corrected chi connectivity index (χ0v) is 14.9. The third-order valence-electron chi connectivity index (χ3n) is 4.72. The molecule has 0 amide bonds. The van der Waals surface area contributed by atoms with Gasteiger partial charge in [-0.25, -0.2) is 0 Å². The van der Waals surface area contributed by atoms with E-state index in [2.05, 4.69) is 63.8 Å². The second-order valence-electron chi connectivity index (χ2n) is 7.23. The fourth-order valence-corrected chi connectivity index (χ4v) is 6.37. The van der Waals surface area contributed by atoms with E-state index in [1.165, 1.54) is 32.1 Å². The molecule has 0 nitrogen and oxygen atoms in total. The van der Waals surface area contributed by atoms with Gasteiger partial charge < -0.3 is 0 Å². The fourth-order valence-electron chi connectivity index (χ4n) is 3.36. The first-order valence-electron chi connectivity index (χ1n) is 7.80. The van der Waals surface area contributed by atoms with E-state index in [-0.39, 0.29) is 0 Å². The van der Waals surface area contributed by atoms with Gasteiger partial charge in [0.25, 0.3) is 0 Å². The van der Waals surface area contributed by atoms with Gasteiger partial charge in [0.15, 0.2) is 0 Å². The van der Waals surface area contributed by atoms with Crippen molar-refractivity contribution in [3.63, 3.8) is 0 Å². The number of rotatable bonds is 4. The minimum atomic E-state index is 0.472. The maximum atomic E-state index is 4.02. The van der Waals surface area contributed by atoms with Crippen molar-refractivity contribution in [2.24, 2.45) is 11.3 Å². The molecule has 1 aromatic rings. The molecule has 1 heteroatoms. The number of benzene rings is 1. The summed E-state index contributed by atoms with van der Waals surface area (Å²) < 4.78 is 2.08. The van der Waals surface area contributed by atoms with Gasteiger partial charge in [-0.1, -0.05) is 0 Å². The van der Waals surface area contributed by atoms with E-state index in [1.807, 2.05) is 0 Å². The van der Waals surface area contributed by atoms with Crippen molar-refractivity contribution in [1.29, 1.82) is 0 Å². The van der Waals surface area contributed by atoms with Gasteiger partial charge >= 0.3 is 131 Å². The van der Waals surface area contributed by atoms with Crippen LogP contribution in [0.5, 0.6) is 0 Å². The van der Waals surface area contributed by atoms with Crippen molar-refractivity contribution >= 4 is 19.4 Å². The molecule has 1 aromatic carbocycles. The van der Waals surface area contributed by atoms with Gasteiger partial charge in [0.2, 0.25) is 0 Å². The monoisotopic (exact) mass is 336 g/mol. The van der Waals surface area contributed by atoms with Gasteiger partial charge in [0, 0.05) is 0 Å². The quantitative estimate of drug-likeness (QED) is 0.537. The van der Waals surface area contributed by atoms with E-state index in [1.54, 1.807) is 4.46 Å². The molecule has 0 N–H and O–H groups in total. The first kappa shape index (κ1) is 15.9. The predicted molar refractivity (Wildman–Crippen MR) is 90.8 cm³/mol. The number of hydrogen-bond donors (Lipinski definition) is 0. The predicted octanol–water partition coefficient (Wildman–Crippen LogP) is 4.99. The van der Waals surface area contributed by atoms with Crippen molar-refractivity contribution in [2.75, 3.05) is 0 Å². The third kappa shape index (κ3) is 3.99. The van der Waals surface area contributed by atoms with Crippen LogP contribution in [0.2, 0.25) is 4.31 Å². The van der Waals surface area contributed by atoms with Crippen LogP contribution in [0.3, 0.4) is 0 Å². The standard InChI is InChI=1S/C19H28Se/c1-5-13-19(20-17-9-7-6-8-10-17)14-11-16(12-15-19)18(2,3)4/h5-10,16H,1,11-15H2,2-4H3. The summed E-state index contributed by atoms with van der Waals surface area (Å²) in [5.41, 5.74) is 0.472. The average molecular weight is 335 g/mol. The summed E-state index contributed by atoms with van der Waals surface area (Å²) >= 11 is 0.575. The SMILES string of the molecule is C=CCC1([Se]c2ccccc2)CCC(C(C)(C)C)CC1. The molecule has 2 rings (SSSR count). The second kappa shape index (κ2) is 6.50. The molecule has 0 unspecified atom stereocenters. The molecule has 0 atom stereocenters. The van der Waals surface area contributed by atoms with Crippen LogP contribution < -0.4 is 4.46 Å². The van der Waals surface area contributed by atoms with E-state index >= 15 is 0 Å². The van der Waals surface area contributed by atoms with E-state index in [9.17, 15) is 0 Å². The molecule has 110 valence electrons. The molecule has 0 spiro atoms. The Labute approximate surface area is 131 Å². The molecule has 0 aliphatic heterocycles. The van der Waals surface area contributed by atoms with Gasteiger partial charge in [0.05, 0.1) is 0 Å². The van der Waals surface area contributed by atoms with Gasteiger partial charge in [-0.05, 0) is 0 Å². The second-order valence-corrected chi connectivity index (χ2v) is 10.5. The minimum absolute atomic E-state index is 0.472. The van der Waals surface area contributed by atoms with Crippen molar-refractivity contribution in [3.05, 3.63) is 43.0 Å². The topological polar surface area (TPSA) is 0 Å². The fraction of sp³-hybridized carbons (Fsp3) is 0.579. The molecule has 1 fully saturated rings. The van der Waals surface area contributed by atoms with Crippen molar-refractivity contribution < 1.29 is 0 Å². The molecule has 20 heavy (non-hydrogen) atoms. The first-order valence-corrected chi connectivity index (χ1v) is 9.51. The van der Waals surface area contributed by atoms with Gasteiger partial charge in [-0.2, -0.15) is 0 Å². The van der Waals surface area contributed by atoms with Crippen LogP contribution in [-0.4, -0.2) is 15.0 Å². The van der Waals surface area contributed by atoms with Gasteiger partial charge in [-0.3, -0.25) is 0 Å². The molecular formula is C19H28Se. The Morgan fingerprint density at radius 1 is 1.20 bits per heavy atom. The Morgan fingerprint density at radius 3 is 2.30 bits per heavy atom. The van der Waals surface area contributed by atoms with Crippen LogP contribution in [0, 0.1) is 11.3 Å². The summed E-state index contributed by atoms with van der Waals surface area (Å²) in [5, 5.41) is 0. The molecule has 0 radical (unpaired) electrons. The van der Waals surface area contributed by atoms with E-state index in [0.717, 1.165) is 5.92 Å². The Bertz CT molecular complexity index is 419. The summed E-state index contributed by atoms with van der Waals surface area (Å²) in [5.74, 6) is 0.895. The third-order valence-corrected chi connectivity index (χ3v) is 7.90.